The molecule has 0 spiro atoms. The van der Waals surface area contributed by atoms with Crippen molar-refractivity contribution in [2.45, 2.75) is 33.7 Å². The first-order chi connectivity index (χ1) is 20.4. The maximum absolute atomic E-state index is 5.97. The zero-order valence-corrected chi connectivity index (χ0v) is 26.8. The van der Waals surface area contributed by atoms with Crippen LogP contribution in [0.1, 0.15) is 32.8 Å². The van der Waals surface area contributed by atoms with Gasteiger partial charge in [0.05, 0.1) is 22.4 Å². The summed E-state index contributed by atoms with van der Waals surface area (Å²) >= 11 is 0. The summed E-state index contributed by atoms with van der Waals surface area (Å²) in [6, 6.07) is 38.9. The number of imidazole rings is 1. The Bertz CT molecular complexity index is 2070. The van der Waals surface area contributed by atoms with Gasteiger partial charge in [-0.25, -0.2) is 0 Å². The van der Waals surface area contributed by atoms with Gasteiger partial charge < -0.3 is 14.0 Å². The van der Waals surface area contributed by atoms with Gasteiger partial charge >= 0.3 is 0 Å². The fourth-order valence-corrected chi connectivity index (χ4v) is 5.87. The Balaban J connectivity index is 0.000000152. The van der Waals surface area contributed by atoms with E-state index in [0.29, 0.717) is 0 Å². The molecule has 7 aromatic rings. The summed E-state index contributed by atoms with van der Waals surface area (Å²) in [4.78, 5) is 9.26. The SMILES string of the molecule is CC(C)(C)CC1=Cc2cccc3nc(-c4[c-]cccc4)n(c23)C1.[Ir].[c-]1ccc2c(oc3ccccc32)c1-c1ccccn1. The first-order valence-corrected chi connectivity index (χ1v) is 14.3. The van der Waals surface area contributed by atoms with Crippen molar-refractivity contribution in [3.63, 3.8) is 0 Å². The van der Waals surface area contributed by atoms with Crippen molar-refractivity contribution in [2.75, 3.05) is 0 Å². The fourth-order valence-electron chi connectivity index (χ4n) is 5.87. The summed E-state index contributed by atoms with van der Waals surface area (Å²) in [6.07, 6.45) is 5.23. The van der Waals surface area contributed by atoms with E-state index in [1.807, 2.05) is 66.7 Å². The van der Waals surface area contributed by atoms with Crippen LogP contribution >= 0.6 is 0 Å². The summed E-state index contributed by atoms with van der Waals surface area (Å²) < 4.78 is 8.33. The van der Waals surface area contributed by atoms with E-state index in [-0.39, 0.29) is 25.5 Å². The van der Waals surface area contributed by atoms with Gasteiger partial charge in [-0.3, -0.25) is 4.98 Å². The maximum Gasteiger partial charge on any atom is 0.120 e. The molecule has 4 nitrogen and oxygen atoms in total. The number of furan rings is 1. The molecular formula is C38H31IrN3O-2. The quantitative estimate of drug-likeness (QED) is 0.170. The topological polar surface area (TPSA) is 43.9 Å². The minimum atomic E-state index is 0. The van der Waals surface area contributed by atoms with Crippen LogP contribution in [0, 0.1) is 17.5 Å². The van der Waals surface area contributed by atoms with Crippen LogP contribution in [0.3, 0.4) is 0 Å². The van der Waals surface area contributed by atoms with E-state index in [0.717, 1.165) is 63.1 Å². The second-order valence-corrected chi connectivity index (χ2v) is 12.0. The van der Waals surface area contributed by atoms with Crippen molar-refractivity contribution in [1.82, 2.24) is 14.5 Å². The van der Waals surface area contributed by atoms with E-state index in [1.54, 1.807) is 6.20 Å². The third kappa shape index (κ3) is 5.71. The normalized spacial score (nSPS) is 12.5. The molecule has 0 unspecified atom stereocenters. The molecule has 1 radical (unpaired) electrons. The number of para-hydroxylation sites is 2. The second kappa shape index (κ2) is 11.8. The van der Waals surface area contributed by atoms with Crippen molar-refractivity contribution < 1.29 is 24.5 Å². The minimum Gasteiger partial charge on any atom is -0.501 e. The van der Waals surface area contributed by atoms with E-state index in [2.05, 4.69) is 78.9 Å². The van der Waals surface area contributed by atoms with Gasteiger partial charge in [-0.05, 0) is 41.3 Å². The maximum atomic E-state index is 5.97. The summed E-state index contributed by atoms with van der Waals surface area (Å²) in [7, 11) is 0. The van der Waals surface area contributed by atoms with Crippen molar-refractivity contribution in [1.29, 1.82) is 0 Å². The average Bonchev–Trinajstić information content (AvgIpc) is 3.57. The largest absolute Gasteiger partial charge is 0.501 e. The van der Waals surface area contributed by atoms with Crippen LogP contribution in [0.4, 0.5) is 0 Å². The van der Waals surface area contributed by atoms with Gasteiger partial charge in [0.2, 0.25) is 0 Å². The third-order valence-corrected chi connectivity index (χ3v) is 7.49. The number of pyridine rings is 1. The molecule has 4 heterocycles. The van der Waals surface area contributed by atoms with E-state index in [4.69, 9.17) is 9.40 Å². The van der Waals surface area contributed by atoms with Crippen molar-refractivity contribution in [3.8, 4) is 22.6 Å². The number of allylic oxidation sites excluding steroid dienone is 1. The third-order valence-electron chi connectivity index (χ3n) is 7.49. The van der Waals surface area contributed by atoms with Crippen LogP contribution in [0.15, 0.2) is 113 Å². The molecule has 0 saturated heterocycles. The van der Waals surface area contributed by atoms with E-state index in [1.165, 1.54) is 16.7 Å². The number of fused-ring (bicyclic) bond motifs is 3. The second-order valence-electron chi connectivity index (χ2n) is 12.0. The number of hydrogen-bond donors (Lipinski definition) is 0. The van der Waals surface area contributed by atoms with Gasteiger partial charge in [0.1, 0.15) is 5.58 Å². The minimum absolute atomic E-state index is 0. The number of hydrogen-bond acceptors (Lipinski definition) is 3. The van der Waals surface area contributed by atoms with Gasteiger partial charge in [-0.1, -0.05) is 85.8 Å². The van der Waals surface area contributed by atoms with Gasteiger partial charge in [-0.2, -0.15) is 0 Å². The molecule has 3 aromatic heterocycles. The molecule has 1 aliphatic heterocycles. The first-order valence-electron chi connectivity index (χ1n) is 14.3. The average molecular weight is 738 g/mol. The predicted molar refractivity (Wildman–Crippen MR) is 172 cm³/mol. The van der Waals surface area contributed by atoms with E-state index < -0.39 is 0 Å². The number of rotatable bonds is 3. The summed E-state index contributed by atoms with van der Waals surface area (Å²) in [5, 5.41) is 2.23. The van der Waals surface area contributed by atoms with Crippen LogP contribution in [0.2, 0.25) is 0 Å². The number of nitrogens with zero attached hydrogens (tertiary/aromatic N) is 3. The molecule has 1 aliphatic rings. The molecule has 0 atom stereocenters. The number of benzene rings is 4. The Morgan fingerprint density at radius 3 is 2.47 bits per heavy atom. The van der Waals surface area contributed by atoms with Crippen LogP contribution in [0.5, 0.6) is 0 Å². The predicted octanol–water partition coefficient (Wildman–Crippen LogP) is 9.78. The Labute approximate surface area is 265 Å². The standard InChI is InChI=1S/C21H21N2.C17H10NO.Ir/c1-21(2,3)13-15-12-17-10-7-11-18-19(17)23(14-15)20(22-18)16-8-5-4-6-9-16;1-2-10-16-12(6-1)13-7-5-8-14(17(13)19-16)15-9-3-4-11-18-15;/h4-8,10-12H,13-14H2,1-3H3;1-7,9-11H;/q2*-1;. The summed E-state index contributed by atoms with van der Waals surface area (Å²) in [5.74, 6) is 1.02. The molecule has 5 heteroatoms. The van der Waals surface area contributed by atoms with Gasteiger partial charge in [0, 0.05) is 38.2 Å². The van der Waals surface area contributed by atoms with Gasteiger partial charge in [0.15, 0.2) is 0 Å². The zero-order chi connectivity index (χ0) is 28.7. The van der Waals surface area contributed by atoms with Crippen molar-refractivity contribution >= 4 is 39.0 Å². The molecule has 4 aromatic carbocycles. The van der Waals surface area contributed by atoms with E-state index in [9.17, 15) is 0 Å². The summed E-state index contributed by atoms with van der Waals surface area (Å²) in [6.45, 7) is 7.81. The Hall–Kier alpha value is -4.31. The monoisotopic (exact) mass is 738 g/mol. The molecule has 215 valence electrons. The molecule has 0 saturated carbocycles. The first kappa shape index (κ1) is 28.8. The van der Waals surface area contributed by atoms with Gasteiger partial charge in [0.25, 0.3) is 0 Å². The van der Waals surface area contributed by atoms with Crippen molar-refractivity contribution in [2.24, 2.45) is 5.41 Å². The molecule has 8 rings (SSSR count). The number of aromatic nitrogens is 3. The Morgan fingerprint density at radius 1 is 0.837 bits per heavy atom. The molecule has 0 fully saturated rings. The molecular weight excluding hydrogens is 707 g/mol. The molecule has 0 N–H and O–H groups in total. The fraction of sp³-hybridized carbons (Fsp3) is 0.158. The Morgan fingerprint density at radius 2 is 1.67 bits per heavy atom. The van der Waals surface area contributed by atoms with Crippen LogP contribution in [-0.2, 0) is 26.7 Å². The Kier molecular flexibility index (Phi) is 7.87. The molecule has 43 heavy (non-hydrogen) atoms. The van der Waals surface area contributed by atoms with E-state index >= 15 is 0 Å². The van der Waals surface area contributed by atoms with Crippen molar-refractivity contribution in [3.05, 3.63) is 127 Å². The molecule has 0 amide bonds. The van der Waals surface area contributed by atoms with Crippen LogP contribution < -0.4 is 0 Å². The molecule has 0 aliphatic carbocycles. The summed E-state index contributed by atoms with van der Waals surface area (Å²) in [5.41, 5.74) is 9.95. The van der Waals surface area contributed by atoms with Gasteiger partial charge in [-0.15, -0.1) is 54.1 Å². The smallest absolute Gasteiger partial charge is 0.120 e. The molecule has 0 bridgehead atoms. The van der Waals surface area contributed by atoms with Crippen LogP contribution in [-0.4, -0.2) is 14.5 Å². The zero-order valence-electron chi connectivity index (χ0n) is 24.4. The van der Waals surface area contributed by atoms with Crippen LogP contribution in [0.25, 0.3) is 61.7 Å².